The number of rotatable bonds is 4. The molecule has 0 radical (unpaired) electrons. The Labute approximate surface area is 101 Å². The van der Waals surface area contributed by atoms with Gasteiger partial charge in [0, 0.05) is 7.05 Å². The fourth-order valence-electron chi connectivity index (χ4n) is 0.980. The molecule has 0 N–H and O–H groups in total. The van der Waals surface area contributed by atoms with Crippen LogP contribution in [0.15, 0.2) is 0 Å². The molecule has 17 heavy (non-hydrogen) atoms. The zero-order valence-electron chi connectivity index (χ0n) is 10.9. The number of likely N-dealkylation sites (N-methyl/N-ethyl adjacent to an activating group) is 1. The summed E-state index contributed by atoms with van der Waals surface area (Å²) in [5.41, 5.74) is -0.687. The number of amides is 1. The van der Waals surface area contributed by atoms with Crippen LogP contribution in [0.2, 0.25) is 0 Å². The average Bonchev–Trinajstić information content (AvgIpc) is 2.16. The first-order valence-electron chi connectivity index (χ1n) is 5.30. The minimum atomic E-state index is -1.27. The Morgan fingerprint density at radius 2 is 1.88 bits per heavy atom. The van der Waals surface area contributed by atoms with E-state index in [0.29, 0.717) is 6.29 Å². The Balaban J connectivity index is 4.64. The first kappa shape index (κ1) is 15.4. The maximum atomic E-state index is 11.6. The van der Waals surface area contributed by atoms with Crippen LogP contribution in [0.5, 0.6) is 0 Å². The molecule has 6 heteroatoms. The van der Waals surface area contributed by atoms with Crippen molar-refractivity contribution in [3.8, 4) is 0 Å². The van der Waals surface area contributed by atoms with E-state index in [0.717, 1.165) is 4.90 Å². The van der Waals surface area contributed by atoms with Crippen LogP contribution < -0.4 is 0 Å². The molecule has 0 aromatic carbocycles. The number of ether oxygens (including phenoxy) is 2. The molecule has 1 atom stereocenters. The third-order valence-electron chi connectivity index (χ3n) is 1.76. The molecule has 1 amide bonds. The summed E-state index contributed by atoms with van der Waals surface area (Å²) in [6.45, 7) is 6.84. The molecule has 0 aromatic heterocycles. The first-order chi connectivity index (χ1) is 7.72. The van der Waals surface area contributed by atoms with Gasteiger partial charge in [-0.1, -0.05) is 0 Å². The van der Waals surface area contributed by atoms with Crippen LogP contribution in [0.1, 0.15) is 27.7 Å². The van der Waals surface area contributed by atoms with Gasteiger partial charge in [-0.25, -0.2) is 9.59 Å². The summed E-state index contributed by atoms with van der Waals surface area (Å²) in [6.07, 6.45) is -0.398. The number of hydrogen-bond donors (Lipinski definition) is 0. The topological polar surface area (TPSA) is 72.9 Å². The van der Waals surface area contributed by atoms with Crippen molar-refractivity contribution in [3.05, 3.63) is 0 Å². The summed E-state index contributed by atoms with van der Waals surface area (Å²) in [7, 11) is 1.31. The lowest BCUT2D eigenvalue weighted by Gasteiger charge is -2.26. The number of esters is 1. The molecule has 0 rings (SSSR count). The lowest BCUT2D eigenvalue weighted by atomic mass is 10.2. The molecular weight excluding hydrogens is 226 g/mol. The Morgan fingerprint density at radius 3 is 2.24 bits per heavy atom. The molecule has 0 aliphatic rings. The van der Waals surface area contributed by atoms with Crippen molar-refractivity contribution in [1.29, 1.82) is 0 Å². The van der Waals surface area contributed by atoms with Crippen molar-refractivity contribution >= 4 is 18.3 Å². The van der Waals surface area contributed by atoms with E-state index in [2.05, 4.69) is 4.74 Å². The van der Waals surface area contributed by atoms with Crippen LogP contribution in [0.25, 0.3) is 0 Å². The van der Waals surface area contributed by atoms with Gasteiger partial charge in [-0.05, 0) is 27.7 Å². The van der Waals surface area contributed by atoms with Crippen molar-refractivity contribution in [3.63, 3.8) is 0 Å². The molecule has 0 fully saturated rings. The van der Waals surface area contributed by atoms with Crippen LogP contribution in [0.3, 0.4) is 0 Å². The summed E-state index contributed by atoms with van der Waals surface area (Å²) in [4.78, 5) is 34.7. The van der Waals surface area contributed by atoms with Crippen molar-refractivity contribution in [2.45, 2.75) is 39.3 Å². The predicted octanol–water partition coefficient (Wildman–Crippen LogP) is 0.984. The van der Waals surface area contributed by atoms with E-state index in [1.807, 2.05) is 0 Å². The molecule has 0 saturated carbocycles. The van der Waals surface area contributed by atoms with E-state index in [9.17, 15) is 14.4 Å². The fraction of sp³-hybridized carbons (Fsp3) is 0.727. The van der Waals surface area contributed by atoms with E-state index in [1.165, 1.54) is 7.05 Å². The van der Waals surface area contributed by atoms with Crippen molar-refractivity contribution < 1.29 is 23.9 Å². The Kier molecular flexibility index (Phi) is 5.64. The molecule has 0 aliphatic heterocycles. The summed E-state index contributed by atoms with van der Waals surface area (Å²) in [5.74, 6) is -0.768. The normalized spacial score (nSPS) is 12.5. The third-order valence-corrected chi connectivity index (χ3v) is 1.76. The maximum absolute atomic E-state index is 11.6. The number of hydrogen-bond acceptors (Lipinski definition) is 5. The lowest BCUT2D eigenvalue weighted by molar-refractivity contribution is -0.150. The second-order valence-corrected chi connectivity index (χ2v) is 4.42. The summed E-state index contributed by atoms with van der Waals surface area (Å²) >= 11 is 0. The molecule has 0 aromatic rings. The van der Waals surface area contributed by atoms with E-state index in [1.54, 1.807) is 27.7 Å². The summed E-state index contributed by atoms with van der Waals surface area (Å²) in [5, 5.41) is 0. The molecule has 0 spiro atoms. The lowest BCUT2D eigenvalue weighted by Crippen LogP contribution is -2.46. The highest BCUT2D eigenvalue weighted by atomic mass is 16.6. The molecule has 0 aliphatic carbocycles. The van der Waals surface area contributed by atoms with Crippen molar-refractivity contribution in [1.82, 2.24) is 4.90 Å². The van der Waals surface area contributed by atoms with Gasteiger partial charge in [0.1, 0.15) is 5.60 Å². The van der Waals surface area contributed by atoms with Crippen molar-refractivity contribution in [2.75, 3.05) is 13.7 Å². The van der Waals surface area contributed by atoms with Gasteiger partial charge < -0.3 is 14.3 Å². The van der Waals surface area contributed by atoms with E-state index in [-0.39, 0.29) is 6.61 Å². The SMILES string of the molecule is CCOC(=O)C(C=O)N(C)C(=O)OC(C)(C)C. The molecule has 0 bridgehead atoms. The van der Waals surface area contributed by atoms with Gasteiger partial charge in [0.15, 0.2) is 12.3 Å². The van der Waals surface area contributed by atoms with Gasteiger partial charge in [-0.2, -0.15) is 0 Å². The zero-order chi connectivity index (χ0) is 13.6. The quantitative estimate of drug-likeness (QED) is 0.419. The number of nitrogens with zero attached hydrogens (tertiary/aromatic N) is 1. The highest BCUT2D eigenvalue weighted by Crippen LogP contribution is 2.10. The third kappa shape index (κ3) is 5.33. The molecule has 1 unspecified atom stereocenters. The minimum absolute atomic E-state index is 0.144. The molecular formula is C11H19NO5. The largest absolute Gasteiger partial charge is 0.464 e. The maximum Gasteiger partial charge on any atom is 0.411 e. The molecule has 0 heterocycles. The fourth-order valence-corrected chi connectivity index (χ4v) is 0.980. The van der Waals surface area contributed by atoms with Crippen LogP contribution in [0, 0.1) is 0 Å². The minimum Gasteiger partial charge on any atom is -0.464 e. The summed E-state index contributed by atoms with van der Waals surface area (Å²) in [6, 6.07) is -1.27. The van der Waals surface area contributed by atoms with Crippen LogP contribution >= 0.6 is 0 Å². The Bertz CT molecular complexity index is 295. The average molecular weight is 245 g/mol. The van der Waals surface area contributed by atoms with Crippen molar-refractivity contribution in [2.24, 2.45) is 0 Å². The van der Waals surface area contributed by atoms with Crippen LogP contribution in [0.4, 0.5) is 4.79 Å². The highest BCUT2D eigenvalue weighted by molar-refractivity contribution is 5.95. The van der Waals surface area contributed by atoms with E-state index in [4.69, 9.17) is 4.74 Å². The number of carbonyl (C=O) groups is 3. The van der Waals surface area contributed by atoms with Gasteiger partial charge in [-0.3, -0.25) is 4.90 Å². The highest BCUT2D eigenvalue weighted by Gasteiger charge is 2.30. The van der Waals surface area contributed by atoms with Gasteiger partial charge in [0.2, 0.25) is 0 Å². The second kappa shape index (κ2) is 6.22. The van der Waals surface area contributed by atoms with E-state index >= 15 is 0 Å². The number of carbonyl (C=O) groups excluding carboxylic acids is 3. The first-order valence-corrected chi connectivity index (χ1v) is 5.30. The molecule has 6 nitrogen and oxygen atoms in total. The van der Waals surface area contributed by atoms with Gasteiger partial charge in [0.25, 0.3) is 0 Å². The van der Waals surface area contributed by atoms with Crippen LogP contribution in [-0.4, -0.2) is 48.5 Å². The van der Waals surface area contributed by atoms with Crippen LogP contribution in [-0.2, 0) is 19.1 Å². The summed E-state index contributed by atoms with van der Waals surface area (Å²) < 4.78 is 9.71. The van der Waals surface area contributed by atoms with Gasteiger partial charge >= 0.3 is 12.1 Å². The standard InChI is InChI=1S/C11H19NO5/c1-6-16-9(14)8(7-13)12(5)10(15)17-11(2,3)4/h7-8H,6H2,1-5H3. The smallest absolute Gasteiger partial charge is 0.411 e. The Hall–Kier alpha value is -1.59. The second-order valence-electron chi connectivity index (χ2n) is 4.42. The monoisotopic (exact) mass is 245 g/mol. The van der Waals surface area contributed by atoms with Gasteiger partial charge in [0.05, 0.1) is 6.61 Å². The predicted molar refractivity (Wildman–Crippen MR) is 60.5 cm³/mol. The molecule has 0 saturated heterocycles. The zero-order valence-corrected chi connectivity index (χ0v) is 10.9. The van der Waals surface area contributed by atoms with Gasteiger partial charge in [-0.15, -0.1) is 0 Å². The number of aldehydes is 1. The molecule has 98 valence electrons. The van der Waals surface area contributed by atoms with E-state index < -0.39 is 23.7 Å². The Morgan fingerprint density at radius 1 is 1.35 bits per heavy atom.